The van der Waals surface area contributed by atoms with Crippen LogP contribution in [-0.4, -0.2) is 62.1 Å². The number of rotatable bonds is 4. The Morgan fingerprint density at radius 3 is 2.90 bits per heavy atom. The predicted molar refractivity (Wildman–Crippen MR) is 80.3 cm³/mol. The van der Waals surface area contributed by atoms with E-state index >= 15 is 0 Å². The smallest absolute Gasteiger partial charge is 0.263 e. The van der Waals surface area contributed by atoms with Gasteiger partial charge in [-0.1, -0.05) is 0 Å². The third-order valence-electron chi connectivity index (χ3n) is 4.41. The highest BCUT2D eigenvalue weighted by Gasteiger charge is 2.49. The van der Waals surface area contributed by atoms with Crippen molar-refractivity contribution in [1.82, 2.24) is 9.80 Å². The summed E-state index contributed by atoms with van der Waals surface area (Å²) in [7, 11) is 1.75. The summed E-state index contributed by atoms with van der Waals surface area (Å²) in [6.07, 6.45) is 1.21. The molecule has 3 heterocycles. The Morgan fingerprint density at radius 1 is 1.45 bits per heavy atom. The molecule has 2 fully saturated rings. The van der Waals surface area contributed by atoms with Gasteiger partial charge in [-0.25, -0.2) is 0 Å². The van der Waals surface area contributed by atoms with Crippen LogP contribution in [0.15, 0.2) is 11.4 Å². The molecule has 2 aliphatic heterocycles. The maximum Gasteiger partial charge on any atom is 0.263 e. The molecule has 20 heavy (non-hydrogen) atoms. The molecule has 0 N–H and O–H groups in total. The van der Waals surface area contributed by atoms with Gasteiger partial charge in [0.15, 0.2) is 0 Å². The van der Waals surface area contributed by atoms with Crippen LogP contribution in [0.25, 0.3) is 0 Å². The molecule has 1 spiro atoms. The summed E-state index contributed by atoms with van der Waals surface area (Å²) in [5, 5.41) is 2.05. The number of hydrogen-bond donors (Lipinski definition) is 0. The van der Waals surface area contributed by atoms with Crippen molar-refractivity contribution in [3.05, 3.63) is 21.9 Å². The molecule has 3 rings (SSSR count). The van der Waals surface area contributed by atoms with Gasteiger partial charge in [-0.3, -0.25) is 4.79 Å². The minimum absolute atomic E-state index is 0.212. The van der Waals surface area contributed by atoms with Crippen molar-refractivity contribution in [1.29, 1.82) is 0 Å². The van der Waals surface area contributed by atoms with Gasteiger partial charge in [0.2, 0.25) is 0 Å². The number of methoxy groups -OCH3 is 1. The summed E-state index contributed by atoms with van der Waals surface area (Å²) in [5.41, 5.74) is 1.54. The van der Waals surface area contributed by atoms with E-state index in [0.717, 1.165) is 44.2 Å². The molecular weight excluding hydrogens is 272 g/mol. The Labute approximate surface area is 124 Å². The highest BCUT2D eigenvalue weighted by Crippen LogP contribution is 2.40. The van der Waals surface area contributed by atoms with Crippen LogP contribution in [-0.2, 0) is 4.74 Å². The van der Waals surface area contributed by atoms with Crippen LogP contribution in [0.5, 0.6) is 0 Å². The number of likely N-dealkylation sites (tertiary alicyclic amines) is 2. The standard InChI is InChI=1S/C15H22N2O2S/c1-12-7-13(20-8-12)14(18)17-10-15(11-17)3-4-16(9-15)5-6-19-2/h7-8H,3-6,9-11H2,1-2H3. The Kier molecular flexibility index (Phi) is 3.84. The van der Waals surface area contributed by atoms with Crippen LogP contribution in [0.1, 0.15) is 21.7 Å². The van der Waals surface area contributed by atoms with Gasteiger partial charge < -0.3 is 14.5 Å². The number of thiophene rings is 1. The topological polar surface area (TPSA) is 32.8 Å². The molecule has 0 unspecified atom stereocenters. The van der Waals surface area contributed by atoms with Crippen molar-refractivity contribution >= 4 is 17.2 Å². The number of aryl methyl sites for hydroxylation is 1. The SMILES string of the molecule is COCCN1CCC2(C1)CN(C(=O)c1cc(C)cs1)C2. The molecule has 2 aliphatic rings. The molecule has 4 nitrogen and oxygen atoms in total. The minimum atomic E-state index is 0.212. The third kappa shape index (κ3) is 2.62. The first kappa shape index (κ1) is 14.0. The van der Waals surface area contributed by atoms with Crippen molar-refractivity contribution in [2.24, 2.45) is 5.41 Å². The lowest BCUT2D eigenvalue weighted by Crippen LogP contribution is -2.59. The van der Waals surface area contributed by atoms with Crippen molar-refractivity contribution in [2.45, 2.75) is 13.3 Å². The van der Waals surface area contributed by atoms with E-state index in [9.17, 15) is 4.79 Å². The molecule has 110 valence electrons. The molecule has 0 radical (unpaired) electrons. The van der Waals surface area contributed by atoms with Crippen LogP contribution in [0.4, 0.5) is 0 Å². The average molecular weight is 294 g/mol. The third-order valence-corrected chi connectivity index (χ3v) is 5.45. The lowest BCUT2D eigenvalue weighted by atomic mass is 9.79. The van der Waals surface area contributed by atoms with Crippen molar-refractivity contribution in [3.8, 4) is 0 Å². The van der Waals surface area contributed by atoms with Crippen LogP contribution in [0, 0.1) is 12.3 Å². The van der Waals surface area contributed by atoms with Gasteiger partial charge in [0.25, 0.3) is 5.91 Å². The largest absolute Gasteiger partial charge is 0.383 e. The highest BCUT2D eigenvalue weighted by atomic mass is 32.1. The van der Waals surface area contributed by atoms with E-state index in [1.54, 1.807) is 18.4 Å². The highest BCUT2D eigenvalue weighted by molar-refractivity contribution is 7.12. The lowest BCUT2D eigenvalue weighted by Gasteiger charge is -2.48. The fourth-order valence-electron chi connectivity index (χ4n) is 3.30. The maximum absolute atomic E-state index is 12.3. The van der Waals surface area contributed by atoms with Gasteiger partial charge in [-0.15, -0.1) is 11.3 Å². The number of carbonyl (C=O) groups excluding carboxylic acids is 1. The second-order valence-electron chi connectivity index (χ2n) is 6.17. The number of hydrogen-bond acceptors (Lipinski definition) is 4. The molecule has 0 atom stereocenters. The first-order chi connectivity index (χ1) is 9.62. The first-order valence-electron chi connectivity index (χ1n) is 7.18. The summed E-state index contributed by atoms with van der Waals surface area (Å²) < 4.78 is 5.14. The molecule has 0 aromatic carbocycles. The molecule has 0 saturated carbocycles. The maximum atomic E-state index is 12.3. The number of ether oxygens (including phenoxy) is 1. The summed E-state index contributed by atoms with van der Waals surface area (Å²) >= 11 is 1.56. The van der Waals surface area contributed by atoms with E-state index in [0.29, 0.717) is 5.41 Å². The molecule has 2 saturated heterocycles. The Balaban J connectivity index is 1.52. The second-order valence-corrected chi connectivity index (χ2v) is 7.08. The molecule has 0 bridgehead atoms. The number of amides is 1. The Morgan fingerprint density at radius 2 is 2.25 bits per heavy atom. The van der Waals surface area contributed by atoms with Gasteiger partial charge in [0.05, 0.1) is 11.5 Å². The monoisotopic (exact) mass is 294 g/mol. The summed E-state index contributed by atoms with van der Waals surface area (Å²) in [4.78, 5) is 17.7. The van der Waals surface area contributed by atoms with E-state index in [2.05, 4.69) is 4.90 Å². The number of carbonyl (C=O) groups is 1. The van der Waals surface area contributed by atoms with E-state index in [1.807, 2.05) is 23.3 Å². The van der Waals surface area contributed by atoms with Crippen molar-refractivity contribution in [2.75, 3.05) is 46.4 Å². The fraction of sp³-hybridized carbons (Fsp3) is 0.667. The van der Waals surface area contributed by atoms with Gasteiger partial charge >= 0.3 is 0 Å². The van der Waals surface area contributed by atoms with Crippen LogP contribution < -0.4 is 0 Å². The molecule has 1 aromatic rings. The summed E-state index contributed by atoms with van der Waals surface area (Å²) in [5.74, 6) is 0.212. The van der Waals surface area contributed by atoms with E-state index in [1.165, 1.54) is 12.0 Å². The second kappa shape index (κ2) is 5.47. The molecule has 0 aliphatic carbocycles. The molecule has 1 amide bonds. The predicted octanol–water partition coefficient (Wildman–Crippen LogP) is 1.85. The Hall–Kier alpha value is -0.910. The summed E-state index contributed by atoms with van der Waals surface area (Å²) in [6.45, 7) is 7.95. The van der Waals surface area contributed by atoms with E-state index in [-0.39, 0.29) is 5.91 Å². The molecule has 5 heteroatoms. The molecular formula is C15H22N2O2S. The first-order valence-corrected chi connectivity index (χ1v) is 8.06. The van der Waals surface area contributed by atoms with Gasteiger partial charge in [-0.05, 0) is 36.9 Å². The van der Waals surface area contributed by atoms with Gasteiger partial charge in [0, 0.05) is 38.7 Å². The van der Waals surface area contributed by atoms with Gasteiger partial charge in [-0.2, -0.15) is 0 Å². The van der Waals surface area contributed by atoms with E-state index in [4.69, 9.17) is 4.74 Å². The zero-order chi connectivity index (χ0) is 14.2. The molecule has 1 aromatic heterocycles. The fourth-order valence-corrected chi connectivity index (χ4v) is 4.17. The Bertz CT molecular complexity index is 494. The van der Waals surface area contributed by atoms with Gasteiger partial charge in [0.1, 0.15) is 0 Å². The van der Waals surface area contributed by atoms with Crippen molar-refractivity contribution in [3.63, 3.8) is 0 Å². The van der Waals surface area contributed by atoms with Crippen molar-refractivity contribution < 1.29 is 9.53 Å². The van der Waals surface area contributed by atoms with Crippen LogP contribution in [0.2, 0.25) is 0 Å². The van der Waals surface area contributed by atoms with Crippen LogP contribution >= 0.6 is 11.3 Å². The average Bonchev–Trinajstić information content (AvgIpc) is 3.00. The summed E-state index contributed by atoms with van der Waals surface area (Å²) in [6, 6.07) is 2.00. The lowest BCUT2D eigenvalue weighted by molar-refractivity contribution is 0.0101. The number of nitrogens with zero attached hydrogens (tertiary/aromatic N) is 2. The minimum Gasteiger partial charge on any atom is -0.383 e. The normalized spacial score (nSPS) is 21.4. The zero-order valence-corrected chi connectivity index (χ0v) is 13.0. The van der Waals surface area contributed by atoms with E-state index < -0.39 is 0 Å². The zero-order valence-electron chi connectivity index (χ0n) is 12.2. The quantitative estimate of drug-likeness (QED) is 0.849. The van der Waals surface area contributed by atoms with Crippen LogP contribution in [0.3, 0.4) is 0 Å².